The van der Waals surface area contributed by atoms with Gasteiger partial charge in [-0.2, -0.15) is 0 Å². The van der Waals surface area contributed by atoms with Gasteiger partial charge in [0.15, 0.2) is 5.78 Å². The summed E-state index contributed by atoms with van der Waals surface area (Å²) >= 11 is 0. The van der Waals surface area contributed by atoms with E-state index >= 15 is 0 Å². The third kappa shape index (κ3) is 3.66. The van der Waals surface area contributed by atoms with Crippen molar-refractivity contribution >= 4 is 28.1 Å². The number of ether oxygens (including phenoxy) is 1. The topological polar surface area (TPSA) is 51.2 Å². The molecule has 0 aliphatic heterocycles. The smallest absolute Gasteiger partial charge is 0.159 e. The van der Waals surface area contributed by atoms with Crippen LogP contribution in [0, 0.1) is 6.92 Å². The number of Topliss-reactive ketones (excluding diaryl/α,β-unsaturated/α-hetero) is 1. The monoisotopic (exact) mass is 341 g/mol. The molecule has 0 saturated heterocycles. The zero-order valence-electron chi connectivity index (χ0n) is 13.8. The number of aromatic nitrogens is 1. The predicted octanol–water partition coefficient (Wildman–Crippen LogP) is 1.50. The van der Waals surface area contributed by atoms with Crippen LogP contribution in [0.25, 0.3) is 10.9 Å². The van der Waals surface area contributed by atoms with E-state index in [1.54, 1.807) is 14.0 Å². The van der Waals surface area contributed by atoms with Gasteiger partial charge in [-0.3, -0.25) is 9.78 Å². The number of halogens is 1. The second-order valence-corrected chi connectivity index (χ2v) is 5.46. The highest BCUT2D eigenvalue weighted by Gasteiger charge is 2.07. The number of ketones is 1. The second-order valence-electron chi connectivity index (χ2n) is 5.46. The first-order chi connectivity index (χ1) is 11.1. The molecule has 0 spiro atoms. The molecule has 0 aliphatic carbocycles. The van der Waals surface area contributed by atoms with E-state index in [9.17, 15) is 4.79 Å². The average Bonchev–Trinajstić information content (AvgIpc) is 2.54. The first-order valence-electron chi connectivity index (χ1n) is 7.40. The number of hydrogen-bond acceptors (Lipinski definition) is 4. The summed E-state index contributed by atoms with van der Waals surface area (Å²) in [4.78, 5) is 16.1. The molecule has 0 atom stereocenters. The fraction of sp³-hybridized carbons (Fsp3) is 0.158. The van der Waals surface area contributed by atoms with E-state index in [1.165, 1.54) is 0 Å². The van der Waals surface area contributed by atoms with Crippen molar-refractivity contribution in [1.29, 1.82) is 0 Å². The first-order valence-corrected chi connectivity index (χ1v) is 7.40. The zero-order valence-corrected chi connectivity index (χ0v) is 14.5. The van der Waals surface area contributed by atoms with Gasteiger partial charge in [-0.25, -0.2) is 0 Å². The third-order valence-corrected chi connectivity index (χ3v) is 3.69. The molecule has 0 bridgehead atoms. The minimum atomic E-state index is 0. The van der Waals surface area contributed by atoms with Crippen molar-refractivity contribution in [3.8, 4) is 5.75 Å². The predicted molar refractivity (Wildman–Crippen MR) is 92.8 cm³/mol. The van der Waals surface area contributed by atoms with Gasteiger partial charge in [0, 0.05) is 28.0 Å². The number of hydrogen-bond donors (Lipinski definition) is 1. The van der Waals surface area contributed by atoms with Crippen LogP contribution in [0.1, 0.15) is 23.0 Å². The Labute approximate surface area is 147 Å². The Morgan fingerprint density at radius 1 is 1.12 bits per heavy atom. The van der Waals surface area contributed by atoms with E-state index in [0.717, 1.165) is 33.7 Å². The summed E-state index contributed by atoms with van der Waals surface area (Å²) in [6.45, 7) is 3.52. The van der Waals surface area contributed by atoms with Crippen molar-refractivity contribution in [3.05, 3.63) is 59.8 Å². The molecule has 4 nitrogen and oxygen atoms in total. The Morgan fingerprint density at radius 3 is 2.62 bits per heavy atom. The maximum absolute atomic E-state index is 11.5. The summed E-state index contributed by atoms with van der Waals surface area (Å²) in [5.41, 5.74) is 4.31. The minimum Gasteiger partial charge on any atom is -1.00 e. The molecule has 24 heavy (non-hydrogen) atoms. The maximum Gasteiger partial charge on any atom is 0.159 e. The molecule has 1 N–H and O–H groups in total. The number of benzene rings is 2. The van der Waals surface area contributed by atoms with Gasteiger partial charge >= 0.3 is 0 Å². The molecule has 0 amide bonds. The fourth-order valence-corrected chi connectivity index (χ4v) is 2.54. The van der Waals surface area contributed by atoms with Crippen LogP contribution in [0.5, 0.6) is 5.75 Å². The van der Waals surface area contributed by atoms with E-state index in [2.05, 4.69) is 10.3 Å². The number of carbonyl (C=O) groups is 1. The average molecular weight is 342 g/mol. The highest BCUT2D eigenvalue weighted by molar-refractivity contribution is 5.97. The third-order valence-electron chi connectivity index (χ3n) is 3.69. The second kappa shape index (κ2) is 7.32. The highest BCUT2D eigenvalue weighted by atomic mass is 35.5. The van der Waals surface area contributed by atoms with Crippen LogP contribution >= 0.6 is 0 Å². The Balaban J connectivity index is 0.00000208. The number of carbonyl (C=O) groups excluding carboxylic acids is 1. The van der Waals surface area contributed by atoms with Crippen molar-refractivity contribution in [2.24, 2.45) is 0 Å². The molecular weight excluding hydrogens is 324 g/mol. The Hall–Kier alpha value is -2.59. The van der Waals surface area contributed by atoms with Crippen molar-refractivity contribution in [1.82, 2.24) is 4.98 Å². The number of nitrogens with one attached hydrogen (secondary N) is 1. The molecule has 0 unspecified atom stereocenters. The van der Waals surface area contributed by atoms with Gasteiger partial charge in [0.05, 0.1) is 12.6 Å². The lowest BCUT2D eigenvalue weighted by Gasteiger charge is -2.12. The van der Waals surface area contributed by atoms with E-state index < -0.39 is 0 Å². The molecule has 3 aromatic rings. The quantitative estimate of drug-likeness (QED) is 0.731. The van der Waals surface area contributed by atoms with Gasteiger partial charge in [0.1, 0.15) is 5.75 Å². The van der Waals surface area contributed by atoms with E-state index in [-0.39, 0.29) is 18.2 Å². The lowest BCUT2D eigenvalue weighted by atomic mass is 10.1. The largest absolute Gasteiger partial charge is 1.00 e. The molecule has 3 rings (SSSR count). The van der Waals surface area contributed by atoms with Gasteiger partial charge in [0.2, 0.25) is 0 Å². The molecule has 2 aromatic carbocycles. The number of fused-ring (bicyclic) bond motifs is 1. The Bertz CT molecular complexity index is 894. The lowest BCUT2D eigenvalue weighted by molar-refractivity contribution is -0.0000130. The van der Waals surface area contributed by atoms with Gasteiger partial charge in [-0.1, -0.05) is 12.1 Å². The maximum atomic E-state index is 11.5. The SMILES string of the molecule is COc1ccc2nc(C)cc(Nc3cccc(C(C)=O)c3)c2c1.[Cl-]. The molecule has 0 saturated carbocycles. The van der Waals surface area contributed by atoms with Gasteiger partial charge < -0.3 is 22.5 Å². The Kier molecular flexibility index (Phi) is 5.42. The molecule has 5 heteroatoms. The van der Waals surface area contributed by atoms with Crippen LogP contribution in [0.3, 0.4) is 0 Å². The number of methoxy groups -OCH3 is 1. The first kappa shape index (κ1) is 17.8. The summed E-state index contributed by atoms with van der Waals surface area (Å²) in [5, 5.41) is 4.36. The molecule has 1 heterocycles. The van der Waals surface area contributed by atoms with Crippen LogP contribution in [0.15, 0.2) is 48.5 Å². The van der Waals surface area contributed by atoms with Gasteiger partial charge in [-0.05, 0) is 50.2 Å². The lowest BCUT2D eigenvalue weighted by Crippen LogP contribution is -3.00. The molecule has 0 radical (unpaired) electrons. The summed E-state index contributed by atoms with van der Waals surface area (Å²) in [6, 6.07) is 15.3. The number of nitrogens with zero attached hydrogens (tertiary/aromatic N) is 1. The van der Waals surface area contributed by atoms with Crippen LogP contribution in [-0.2, 0) is 0 Å². The standard InChI is InChI=1S/C19H18N2O2.ClH/c1-12-9-19(17-11-16(23-3)7-8-18(17)20-12)21-15-6-4-5-14(10-15)13(2)22;/h4-11H,1-3H3,(H,20,21);1H/p-1. The molecule has 124 valence electrons. The van der Waals surface area contributed by atoms with Gasteiger partial charge in [-0.15, -0.1) is 0 Å². The van der Waals surface area contributed by atoms with E-state index in [0.29, 0.717) is 5.56 Å². The summed E-state index contributed by atoms with van der Waals surface area (Å²) < 4.78 is 5.31. The number of aryl methyl sites for hydroxylation is 1. The fourth-order valence-electron chi connectivity index (χ4n) is 2.54. The normalized spacial score (nSPS) is 10.1. The van der Waals surface area contributed by atoms with Crippen LogP contribution in [0.4, 0.5) is 11.4 Å². The van der Waals surface area contributed by atoms with E-state index in [1.807, 2.05) is 55.5 Å². The van der Waals surface area contributed by atoms with Crippen LogP contribution < -0.4 is 22.5 Å². The molecule has 0 fully saturated rings. The van der Waals surface area contributed by atoms with E-state index in [4.69, 9.17) is 4.74 Å². The number of pyridine rings is 1. The minimum absolute atomic E-state index is 0. The summed E-state index contributed by atoms with van der Waals surface area (Å²) in [7, 11) is 1.65. The zero-order chi connectivity index (χ0) is 16.4. The van der Waals surface area contributed by atoms with Crippen molar-refractivity contribution in [2.45, 2.75) is 13.8 Å². The van der Waals surface area contributed by atoms with Crippen molar-refractivity contribution < 1.29 is 21.9 Å². The van der Waals surface area contributed by atoms with Crippen molar-refractivity contribution in [2.75, 3.05) is 12.4 Å². The van der Waals surface area contributed by atoms with Crippen molar-refractivity contribution in [3.63, 3.8) is 0 Å². The Morgan fingerprint density at radius 2 is 1.92 bits per heavy atom. The number of rotatable bonds is 4. The molecule has 0 aliphatic rings. The summed E-state index contributed by atoms with van der Waals surface area (Å²) in [5.74, 6) is 0.828. The highest BCUT2D eigenvalue weighted by Crippen LogP contribution is 2.29. The number of anilines is 2. The van der Waals surface area contributed by atoms with Crippen LogP contribution in [-0.4, -0.2) is 17.9 Å². The molecule has 1 aromatic heterocycles. The van der Waals surface area contributed by atoms with Gasteiger partial charge in [0.25, 0.3) is 0 Å². The van der Waals surface area contributed by atoms with Crippen LogP contribution in [0.2, 0.25) is 0 Å². The summed E-state index contributed by atoms with van der Waals surface area (Å²) in [6.07, 6.45) is 0. The molecular formula is C19H18ClN2O2-.